The molecule has 1 aliphatic heterocycles. The molecule has 1 rings (SSSR count). The van der Waals surface area contributed by atoms with Crippen LogP contribution in [0.5, 0.6) is 0 Å². The summed E-state index contributed by atoms with van der Waals surface area (Å²) in [6.45, 7) is 0.533. The number of thioether (sulfide) groups is 1. The van der Waals surface area contributed by atoms with Gasteiger partial charge in [0.2, 0.25) is 5.12 Å². The predicted molar refractivity (Wildman–Crippen MR) is 52.5 cm³/mol. The summed E-state index contributed by atoms with van der Waals surface area (Å²) in [5, 5.41) is 8.82. The smallest absolute Gasteiger partial charge is 0.212 e. The highest BCUT2D eigenvalue weighted by atomic mass is 35.5. The van der Waals surface area contributed by atoms with Crippen LogP contribution in [-0.4, -0.2) is 28.6 Å². The third kappa shape index (κ3) is 2.79. The number of halogens is 1. The van der Waals surface area contributed by atoms with Crippen molar-refractivity contribution in [3.63, 3.8) is 0 Å². The maximum Gasteiger partial charge on any atom is 0.212 e. The van der Waals surface area contributed by atoms with E-state index in [-0.39, 0.29) is 29.4 Å². The highest BCUT2D eigenvalue weighted by Gasteiger charge is 2.23. The Morgan fingerprint density at radius 2 is 2.33 bits per heavy atom. The minimum atomic E-state index is 0. The van der Waals surface area contributed by atoms with E-state index in [1.54, 1.807) is 6.08 Å². The van der Waals surface area contributed by atoms with Crippen molar-refractivity contribution < 1.29 is 9.90 Å². The monoisotopic (exact) mass is 209 g/mol. The van der Waals surface area contributed by atoms with E-state index in [1.807, 2.05) is 0 Å². The topological polar surface area (TPSA) is 63.3 Å². The lowest BCUT2D eigenvalue weighted by atomic mass is 10.1. The molecule has 5 heteroatoms. The maximum atomic E-state index is 10.8. The number of hydrogen-bond donors (Lipinski definition) is 2. The summed E-state index contributed by atoms with van der Waals surface area (Å²) in [5.74, 6) is 0. The first-order valence-corrected chi connectivity index (χ1v) is 4.38. The number of aliphatic hydroxyl groups excluding tert-OH is 1. The summed E-state index contributed by atoms with van der Waals surface area (Å²) >= 11 is 1.25. The summed E-state index contributed by atoms with van der Waals surface area (Å²) < 4.78 is 0. The van der Waals surface area contributed by atoms with Gasteiger partial charge in [0.15, 0.2) is 0 Å². The Kier molecular flexibility index (Phi) is 5.57. The first-order chi connectivity index (χ1) is 5.27. The molecule has 0 saturated carbocycles. The van der Waals surface area contributed by atoms with Crippen LogP contribution in [0.15, 0.2) is 11.6 Å². The van der Waals surface area contributed by atoms with Crippen molar-refractivity contribution in [2.45, 2.75) is 11.7 Å². The van der Waals surface area contributed by atoms with Gasteiger partial charge in [-0.05, 0) is 18.1 Å². The molecular formula is C7H12ClNO2S. The van der Waals surface area contributed by atoms with Crippen LogP contribution < -0.4 is 5.73 Å². The molecule has 0 bridgehead atoms. The third-order valence-corrected chi connectivity index (χ3v) is 2.78. The van der Waals surface area contributed by atoms with E-state index in [4.69, 9.17) is 10.8 Å². The Labute approximate surface area is 81.8 Å². The average Bonchev–Trinajstić information content (AvgIpc) is 2.32. The lowest BCUT2D eigenvalue weighted by Gasteiger charge is -2.08. The van der Waals surface area contributed by atoms with E-state index >= 15 is 0 Å². The van der Waals surface area contributed by atoms with Crippen LogP contribution in [0.25, 0.3) is 0 Å². The molecule has 70 valence electrons. The summed E-state index contributed by atoms with van der Waals surface area (Å²) in [6.07, 6.45) is 2.20. The van der Waals surface area contributed by atoms with Crippen molar-refractivity contribution >= 4 is 29.3 Å². The predicted octanol–water partition coefficient (Wildman–Crippen LogP) is 0.318. The van der Waals surface area contributed by atoms with Gasteiger partial charge in [0.25, 0.3) is 0 Å². The SMILES string of the molecule is Cl.NCC1=CC(=O)SC1CCO. The van der Waals surface area contributed by atoms with Crippen LogP contribution in [0.1, 0.15) is 6.42 Å². The molecule has 1 atom stereocenters. The number of aliphatic hydroxyl groups is 1. The van der Waals surface area contributed by atoms with Crippen LogP contribution in [0.3, 0.4) is 0 Å². The summed E-state index contributed by atoms with van der Waals surface area (Å²) in [5.41, 5.74) is 6.35. The molecule has 1 aliphatic rings. The fourth-order valence-electron chi connectivity index (χ4n) is 1.05. The first-order valence-electron chi connectivity index (χ1n) is 3.50. The minimum Gasteiger partial charge on any atom is -0.396 e. The fourth-order valence-corrected chi connectivity index (χ4v) is 2.08. The highest BCUT2D eigenvalue weighted by molar-refractivity contribution is 8.15. The first kappa shape index (κ1) is 12.0. The highest BCUT2D eigenvalue weighted by Crippen LogP contribution is 2.29. The van der Waals surface area contributed by atoms with Gasteiger partial charge in [-0.3, -0.25) is 4.79 Å². The molecule has 0 aromatic heterocycles. The van der Waals surface area contributed by atoms with E-state index in [1.165, 1.54) is 11.8 Å². The van der Waals surface area contributed by atoms with Gasteiger partial charge in [-0.25, -0.2) is 0 Å². The number of carbonyl (C=O) groups excluding carboxylic acids is 1. The summed E-state index contributed by atoms with van der Waals surface area (Å²) in [4.78, 5) is 10.8. The molecule has 1 heterocycles. The molecule has 0 aromatic carbocycles. The van der Waals surface area contributed by atoms with E-state index in [0.717, 1.165) is 5.57 Å². The van der Waals surface area contributed by atoms with Gasteiger partial charge in [-0.2, -0.15) is 0 Å². The molecule has 0 aliphatic carbocycles. The molecule has 0 aromatic rings. The summed E-state index contributed by atoms with van der Waals surface area (Å²) in [6, 6.07) is 0. The second-order valence-corrected chi connectivity index (χ2v) is 3.57. The van der Waals surface area contributed by atoms with Crippen molar-refractivity contribution in [2.75, 3.05) is 13.2 Å². The van der Waals surface area contributed by atoms with Crippen LogP contribution in [0.2, 0.25) is 0 Å². The van der Waals surface area contributed by atoms with Crippen molar-refractivity contribution in [1.29, 1.82) is 0 Å². The van der Waals surface area contributed by atoms with Gasteiger partial charge in [0.1, 0.15) is 0 Å². The quantitative estimate of drug-likeness (QED) is 0.703. The Balaban J connectivity index is 0.00000121. The average molecular weight is 210 g/mol. The zero-order valence-corrected chi connectivity index (χ0v) is 8.16. The number of hydrogen-bond acceptors (Lipinski definition) is 4. The summed E-state index contributed by atoms with van der Waals surface area (Å²) in [7, 11) is 0. The lowest BCUT2D eigenvalue weighted by molar-refractivity contribution is -0.106. The van der Waals surface area contributed by atoms with Gasteiger partial charge < -0.3 is 10.8 Å². The molecule has 0 amide bonds. The van der Waals surface area contributed by atoms with Crippen LogP contribution in [-0.2, 0) is 4.79 Å². The molecule has 0 fully saturated rings. The zero-order chi connectivity index (χ0) is 8.27. The van der Waals surface area contributed by atoms with Crippen LogP contribution >= 0.6 is 24.2 Å². The maximum absolute atomic E-state index is 10.8. The molecule has 1 unspecified atom stereocenters. The van der Waals surface area contributed by atoms with Crippen molar-refractivity contribution in [1.82, 2.24) is 0 Å². The van der Waals surface area contributed by atoms with Crippen LogP contribution in [0, 0.1) is 0 Å². The second-order valence-electron chi connectivity index (χ2n) is 2.36. The molecule has 0 radical (unpaired) electrons. The van der Waals surface area contributed by atoms with Crippen LogP contribution in [0.4, 0.5) is 0 Å². The Bertz CT molecular complexity index is 196. The van der Waals surface area contributed by atoms with Gasteiger partial charge in [-0.1, -0.05) is 11.8 Å². The lowest BCUT2D eigenvalue weighted by Crippen LogP contribution is -2.13. The van der Waals surface area contributed by atoms with E-state index in [2.05, 4.69) is 0 Å². The second kappa shape index (κ2) is 5.59. The van der Waals surface area contributed by atoms with E-state index in [0.29, 0.717) is 13.0 Å². The van der Waals surface area contributed by atoms with Crippen molar-refractivity contribution in [3.05, 3.63) is 11.6 Å². The van der Waals surface area contributed by atoms with Gasteiger partial charge in [0, 0.05) is 18.4 Å². The molecule has 12 heavy (non-hydrogen) atoms. The number of rotatable bonds is 3. The van der Waals surface area contributed by atoms with Crippen molar-refractivity contribution in [3.8, 4) is 0 Å². The standard InChI is InChI=1S/C7H11NO2S.ClH/c8-4-5-3-7(10)11-6(5)1-2-9;/h3,6,9H,1-2,4,8H2;1H. The Morgan fingerprint density at radius 1 is 1.67 bits per heavy atom. The van der Waals surface area contributed by atoms with Crippen molar-refractivity contribution in [2.24, 2.45) is 5.73 Å². The molecule has 0 saturated heterocycles. The van der Waals surface area contributed by atoms with E-state index < -0.39 is 0 Å². The largest absolute Gasteiger partial charge is 0.396 e. The molecule has 3 nitrogen and oxygen atoms in total. The van der Waals surface area contributed by atoms with E-state index in [9.17, 15) is 4.79 Å². The number of nitrogens with two attached hydrogens (primary N) is 1. The third-order valence-electron chi connectivity index (χ3n) is 1.60. The zero-order valence-electron chi connectivity index (χ0n) is 6.53. The minimum absolute atomic E-state index is 0. The molecule has 3 N–H and O–H groups in total. The Morgan fingerprint density at radius 3 is 2.83 bits per heavy atom. The molecular weight excluding hydrogens is 198 g/mol. The fraction of sp³-hybridized carbons (Fsp3) is 0.571. The van der Waals surface area contributed by atoms with Gasteiger partial charge >= 0.3 is 0 Å². The molecule has 0 spiro atoms. The van der Waals surface area contributed by atoms with Gasteiger partial charge in [0.05, 0.1) is 0 Å². The van der Waals surface area contributed by atoms with Gasteiger partial charge in [-0.15, -0.1) is 12.4 Å². The Hall–Kier alpha value is -0.0300. The number of carbonyl (C=O) groups is 1. The normalized spacial score (nSPS) is 22.0.